The third-order valence-corrected chi connectivity index (χ3v) is 3.39. The Balaban J connectivity index is 2.01. The van der Waals surface area contributed by atoms with Crippen molar-refractivity contribution in [2.75, 3.05) is 6.54 Å². The van der Waals surface area contributed by atoms with Crippen LogP contribution in [-0.2, 0) is 6.54 Å². The molecular formula is C16H21N5. The average Bonchev–Trinajstić information content (AvgIpc) is 3.03. The number of rotatable bonds is 5. The first-order chi connectivity index (χ1) is 10.1. The van der Waals surface area contributed by atoms with E-state index in [1.165, 1.54) is 0 Å². The Labute approximate surface area is 124 Å². The van der Waals surface area contributed by atoms with Crippen molar-refractivity contribution >= 4 is 5.65 Å². The molecule has 3 aromatic rings. The molecule has 0 saturated heterocycles. The van der Waals surface area contributed by atoms with Gasteiger partial charge in [0.25, 0.3) is 0 Å². The maximum Gasteiger partial charge on any atom is 0.176 e. The smallest absolute Gasteiger partial charge is 0.176 e. The lowest BCUT2D eigenvalue weighted by Gasteiger charge is -2.09. The number of aromatic nitrogens is 4. The van der Waals surface area contributed by atoms with Gasteiger partial charge >= 0.3 is 0 Å². The molecule has 0 radical (unpaired) electrons. The molecule has 0 saturated carbocycles. The number of aryl methyl sites for hydroxylation is 1. The maximum atomic E-state index is 4.72. The molecular weight excluding hydrogens is 262 g/mol. The summed E-state index contributed by atoms with van der Waals surface area (Å²) in [6, 6.07) is 8.05. The third kappa shape index (κ3) is 2.83. The average molecular weight is 283 g/mol. The molecule has 0 fully saturated rings. The molecule has 0 amide bonds. The van der Waals surface area contributed by atoms with Crippen LogP contribution in [-0.4, -0.2) is 25.7 Å². The van der Waals surface area contributed by atoms with E-state index in [4.69, 9.17) is 4.98 Å². The molecule has 0 spiro atoms. The van der Waals surface area contributed by atoms with E-state index in [0.717, 1.165) is 35.9 Å². The van der Waals surface area contributed by atoms with Gasteiger partial charge in [0.05, 0.1) is 11.4 Å². The van der Waals surface area contributed by atoms with Crippen LogP contribution < -0.4 is 5.32 Å². The fourth-order valence-electron chi connectivity index (χ4n) is 2.39. The zero-order chi connectivity index (χ0) is 14.8. The van der Waals surface area contributed by atoms with Crippen LogP contribution in [0.5, 0.6) is 0 Å². The van der Waals surface area contributed by atoms with Crippen LogP contribution >= 0.6 is 0 Å². The van der Waals surface area contributed by atoms with Crippen LogP contribution in [0, 0.1) is 12.8 Å². The number of fused-ring (bicyclic) bond motifs is 1. The molecule has 0 aliphatic carbocycles. The molecule has 110 valence electrons. The highest BCUT2D eigenvalue weighted by Gasteiger charge is 2.14. The monoisotopic (exact) mass is 283 g/mol. The van der Waals surface area contributed by atoms with Gasteiger partial charge in [-0.25, -0.2) is 9.67 Å². The highest BCUT2D eigenvalue weighted by Crippen LogP contribution is 2.16. The van der Waals surface area contributed by atoms with Gasteiger partial charge in [0, 0.05) is 18.9 Å². The van der Waals surface area contributed by atoms with E-state index in [2.05, 4.69) is 34.9 Å². The van der Waals surface area contributed by atoms with E-state index in [1.54, 1.807) is 0 Å². The Hall–Kier alpha value is -2.14. The van der Waals surface area contributed by atoms with E-state index in [0.29, 0.717) is 5.92 Å². The predicted molar refractivity (Wildman–Crippen MR) is 83.6 cm³/mol. The number of nitrogens with one attached hydrogen (secondary N) is 1. The van der Waals surface area contributed by atoms with Crippen molar-refractivity contribution in [3.63, 3.8) is 0 Å². The lowest BCUT2D eigenvalue weighted by molar-refractivity contribution is 0.545. The summed E-state index contributed by atoms with van der Waals surface area (Å²) in [6.07, 6.45) is 4.01. The SMILES string of the molecule is Cc1ccn(-c2nc3ccccn3c2CNCC(C)C)n1. The molecule has 3 aromatic heterocycles. The summed E-state index contributed by atoms with van der Waals surface area (Å²) in [5.41, 5.74) is 3.07. The summed E-state index contributed by atoms with van der Waals surface area (Å²) in [7, 11) is 0. The fraction of sp³-hybridized carbons (Fsp3) is 0.375. The van der Waals surface area contributed by atoms with Crippen LogP contribution in [0.4, 0.5) is 0 Å². The maximum absolute atomic E-state index is 4.72. The summed E-state index contributed by atoms with van der Waals surface area (Å²) in [6.45, 7) is 8.16. The first kappa shape index (κ1) is 13.8. The largest absolute Gasteiger partial charge is 0.311 e. The molecule has 0 aromatic carbocycles. The highest BCUT2D eigenvalue weighted by atomic mass is 15.3. The predicted octanol–water partition coefficient (Wildman–Crippen LogP) is 2.57. The summed E-state index contributed by atoms with van der Waals surface area (Å²) < 4.78 is 3.98. The summed E-state index contributed by atoms with van der Waals surface area (Å²) in [5, 5.41) is 7.99. The first-order valence-corrected chi connectivity index (χ1v) is 7.34. The molecule has 5 nitrogen and oxygen atoms in total. The molecule has 0 bridgehead atoms. The van der Waals surface area contributed by atoms with Crippen molar-refractivity contribution in [3.05, 3.63) is 48.0 Å². The Morgan fingerprint density at radius 2 is 2.05 bits per heavy atom. The van der Waals surface area contributed by atoms with Gasteiger partial charge in [-0.15, -0.1) is 0 Å². The van der Waals surface area contributed by atoms with E-state index in [1.807, 2.05) is 42.1 Å². The van der Waals surface area contributed by atoms with Gasteiger partial charge in [-0.1, -0.05) is 19.9 Å². The molecule has 5 heteroatoms. The third-order valence-electron chi connectivity index (χ3n) is 3.39. The zero-order valence-corrected chi connectivity index (χ0v) is 12.7. The standard InChI is InChI=1S/C16H21N5/c1-12(2)10-17-11-14-16(21-9-7-13(3)19-21)18-15-6-4-5-8-20(14)15/h4-9,12,17H,10-11H2,1-3H3. The van der Waals surface area contributed by atoms with Gasteiger partial charge < -0.3 is 9.72 Å². The quantitative estimate of drug-likeness (QED) is 0.783. The van der Waals surface area contributed by atoms with Crippen LogP contribution in [0.2, 0.25) is 0 Å². The van der Waals surface area contributed by atoms with E-state index in [-0.39, 0.29) is 0 Å². The summed E-state index contributed by atoms with van der Waals surface area (Å²) >= 11 is 0. The molecule has 21 heavy (non-hydrogen) atoms. The molecule has 0 atom stereocenters. The van der Waals surface area contributed by atoms with Crippen molar-refractivity contribution in [1.82, 2.24) is 24.5 Å². The van der Waals surface area contributed by atoms with E-state index in [9.17, 15) is 0 Å². The molecule has 0 aliphatic rings. The summed E-state index contributed by atoms with van der Waals surface area (Å²) in [4.78, 5) is 4.72. The number of hydrogen-bond donors (Lipinski definition) is 1. The topological polar surface area (TPSA) is 47.1 Å². The van der Waals surface area contributed by atoms with Crippen LogP contribution in [0.25, 0.3) is 11.5 Å². The Bertz CT molecular complexity index is 738. The van der Waals surface area contributed by atoms with Gasteiger partial charge in [0.15, 0.2) is 5.82 Å². The van der Waals surface area contributed by atoms with Crippen molar-refractivity contribution in [2.24, 2.45) is 5.92 Å². The van der Waals surface area contributed by atoms with Crippen molar-refractivity contribution in [2.45, 2.75) is 27.3 Å². The van der Waals surface area contributed by atoms with Crippen LogP contribution in [0.3, 0.4) is 0 Å². The Morgan fingerprint density at radius 1 is 1.19 bits per heavy atom. The van der Waals surface area contributed by atoms with Crippen molar-refractivity contribution in [3.8, 4) is 5.82 Å². The van der Waals surface area contributed by atoms with Crippen LogP contribution in [0.1, 0.15) is 25.2 Å². The molecule has 1 N–H and O–H groups in total. The lowest BCUT2D eigenvalue weighted by Crippen LogP contribution is -2.21. The van der Waals surface area contributed by atoms with Gasteiger partial charge in [-0.3, -0.25) is 0 Å². The second-order valence-electron chi connectivity index (χ2n) is 5.74. The van der Waals surface area contributed by atoms with Crippen LogP contribution in [0.15, 0.2) is 36.7 Å². The zero-order valence-electron chi connectivity index (χ0n) is 12.7. The minimum atomic E-state index is 0.625. The molecule has 0 aliphatic heterocycles. The minimum absolute atomic E-state index is 0.625. The molecule has 0 unspecified atom stereocenters. The second kappa shape index (κ2) is 5.69. The van der Waals surface area contributed by atoms with E-state index < -0.39 is 0 Å². The van der Waals surface area contributed by atoms with Gasteiger partial charge in [-0.05, 0) is 37.6 Å². The van der Waals surface area contributed by atoms with Gasteiger partial charge in [-0.2, -0.15) is 5.10 Å². The number of pyridine rings is 1. The number of nitrogens with zero attached hydrogens (tertiary/aromatic N) is 4. The molecule has 3 heterocycles. The van der Waals surface area contributed by atoms with Gasteiger partial charge in [0.1, 0.15) is 5.65 Å². The van der Waals surface area contributed by atoms with Crippen molar-refractivity contribution < 1.29 is 0 Å². The summed E-state index contributed by atoms with van der Waals surface area (Å²) in [5.74, 6) is 1.52. The highest BCUT2D eigenvalue weighted by molar-refractivity contribution is 5.48. The number of hydrogen-bond acceptors (Lipinski definition) is 3. The second-order valence-corrected chi connectivity index (χ2v) is 5.74. The fourth-order valence-corrected chi connectivity index (χ4v) is 2.39. The first-order valence-electron chi connectivity index (χ1n) is 7.34. The Morgan fingerprint density at radius 3 is 2.76 bits per heavy atom. The normalized spacial score (nSPS) is 11.6. The lowest BCUT2D eigenvalue weighted by atomic mass is 10.2. The Kier molecular flexibility index (Phi) is 3.75. The minimum Gasteiger partial charge on any atom is -0.311 e. The number of imidazole rings is 1. The van der Waals surface area contributed by atoms with Gasteiger partial charge in [0.2, 0.25) is 0 Å². The van der Waals surface area contributed by atoms with E-state index >= 15 is 0 Å². The van der Waals surface area contributed by atoms with Crippen molar-refractivity contribution in [1.29, 1.82) is 0 Å². The molecule has 3 rings (SSSR count).